The first-order valence-corrected chi connectivity index (χ1v) is 6.90. The van der Waals surface area contributed by atoms with Gasteiger partial charge < -0.3 is 16.4 Å². The highest BCUT2D eigenvalue weighted by molar-refractivity contribution is 6.00. The Morgan fingerprint density at radius 2 is 2.00 bits per heavy atom. The van der Waals surface area contributed by atoms with Gasteiger partial charge in [-0.1, -0.05) is 13.0 Å². The second-order valence-electron chi connectivity index (χ2n) is 5.57. The second-order valence-corrected chi connectivity index (χ2v) is 5.57. The van der Waals surface area contributed by atoms with Crippen molar-refractivity contribution in [2.75, 3.05) is 11.9 Å². The van der Waals surface area contributed by atoms with Crippen LogP contribution >= 0.6 is 0 Å². The average Bonchev–Trinajstić information content (AvgIpc) is 2.34. The molecule has 0 spiro atoms. The molecule has 0 fully saturated rings. The lowest BCUT2D eigenvalue weighted by molar-refractivity contribution is -0.119. The number of nitrogens with one attached hydrogen (secondary N) is 2. The van der Waals surface area contributed by atoms with Crippen LogP contribution in [-0.4, -0.2) is 23.9 Å². The van der Waals surface area contributed by atoms with E-state index in [4.69, 9.17) is 5.73 Å². The molecule has 1 aromatic rings. The monoisotopic (exact) mass is 295 g/mol. The number of nitrogens with two attached hydrogens (primary N) is 1. The van der Waals surface area contributed by atoms with Crippen molar-refractivity contribution in [2.24, 2.45) is 5.73 Å². The predicted octanol–water partition coefficient (Wildman–Crippen LogP) is 2.03. The third kappa shape index (κ3) is 5.06. The molecule has 116 valence electrons. The fourth-order valence-electron chi connectivity index (χ4n) is 2.00. The van der Waals surface area contributed by atoms with Gasteiger partial charge in [-0.3, -0.25) is 9.59 Å². The lowest BCUT2D eigenvalue weighted by Gasteiger charge is -2.25. The molecule has 2 amide bonds. The van der Waals surface area contributed by atoms with Gasteiger partial charge in [0.25, 0.3) is 5.91 Å². The summed E-state index contributed by atoms with van der Waals surface area (Å²) in [5, 5.41) is 5.61. The number of rotatable bonds is 7. The van der Waals surface area contributed by atoms with Crippen LogP contribution in [0, 0.1) is 5.82 Å². The van der Waals surface area contributed by atoms with Gasteiger partial charge in [-0.05, 0) is 32.4 Å². The molecule has 0 radical (unpaired) electrons. The van der Waals surface area contributed by atoms with Gasteiger partial charge in [-0.2, -0.15) is 0 Å². The highest BCUT2D eigenvalue weighted by Crippen LogP contribution is 2.21. The van der Waals surface area contributed by atoms with E-state index < -0.39 is 23.2 Å². The van der Waals surface area contributed by atoms with Crippen LogP contribution in [0.15, 0.2) is 18.2 Å². The van der Waals surface area contributed by atoms with Crippen molar-refractivity contribution in [2.45, 2.75) is 39.2 Å². The van der Waals surface area contributed by atoms with Gasteiger partial charge in [-0.25, -0.2) is 4.39 Å². The summed E-state index contributed by atoms with van der Waals surface area (Å²) >= 11 is 0. The zero-order chi connectivity index (χ0) is 16.0. The molecule has 5 nitrogen and oxygen atoms in total. The normalized spacial score (nSPS) is 11.0. The molecule has 4 N–H and O–H groups in total. The Bertz CT molecular complexity index is 530. The van der Waals surface area contributed by atoms with Crippen LogP contribution in [0.2, 0.25) is 0 Å². The van der Waals surface area contributed by atoms with Crippen LogP contribution in [0.25, 0.3) is 0 Å². The number of carbonyl (C=O) groups excluding carboxylic acids is 2. The summed E-state index contributed by atoms with van der Waals surface area (Å²) in [7, 11) is 0. The number of hydrogen-bond acceptors (Lipinski definition) is 3. The molecule has 0 aliphatic heterocycles. The molecular weight excluding hydrogens is 273 g/mol. The van der Waals surface area contributed by atoms with E-state index in [9.17, 15) is 14.0 Å². The smallest absolute Gasteiger partial charge is 0.253 e. The maximum atomic E-state index is 13.9. The highest BCUT2D eigenvalue weighted by atomic mass is 19.1. The highest BCUT2D eigenvalue weighted by Gasteiger charge is 2.25. The lowest BCUT2D eigenvalue weighted by atomic mass is 9.99. The number of amides is 2. The quantitative estimate of drug-likeness (QED) is 0.719. The molecule has 1 rings (SSSR count). The number of anilines is 1. The van der Waals surface area contributed by atoms with Crippen LogP contribution in [-0.2, 0) is 4.79 Å². The van der Waals surface area contributed by atoms with Crippen LogP contribution in [0.4, 0.5) is 10.1 Å². The standard InChI is InChI=1S/C15H22FN3O2/c1-4-8-18-13-10(6-5-7-11(13)16)14(21)19-15(2,3)9-12(17)20/h5-7,18H,4,8-9H2,1-3H3,(H2,17,20)(H,19,21). The first kappa shape index (κ1) is 16.9. The van der Waals surface area contributed by atoms with Gasteiger partial charge in [0.2, 0.25) is 5.91 Å². The van der Waals surface area contributed by atoms with E-state index in [0.717, 1.165) is 6.42 Å². The van der Waals surface area contributed by atoms with Gasteiger partial charge >= 0.3 is 0 Å². The predicted molar refractivity (Wildman–Crippen MR) is 80.5 cm³/mol. The van der Waals surface area contributed by atoms with E-state index in [1.54, 1.807) is 13.8 Å². The lowest BCUT2D eigenvalue weighted by Crippen LogP contribution is -2.46. The molecule has 6 heteroatoms. The van der Waals surface area contributed by atoms with Gasteiger partial charge in [0.15, 0.2) is 0 Å². The number of benzene rings is 1. The molecule has 0 saturated carbocycles. The summed E-state index contributed by atoms with van der Waals surface area (Å²) in [6.45, 7) is 5.89. The number of para-hydroxylation sites is 1. The third-order valence-electron chi connectivity index (χ3n) is 2.88. The third-order valence-corrected chi connectivity index (χ3v) is 2.88. The fraction of sp³-hybridized carbons (Fsp3) is 0.467. The van der Waals surface area contributed by atoms with Crippen molar-refractivity contribution in [3.63, 3.8) is 0 Å². The summed E-state index contributed by atoms with van der Waals surface area (Å²) in [6.07, 6.45) is 0.814. The maximum absolute atomic E-state index is 13.9. The van der Waals surface area contributed by atoms with Gasteiger partial charge in [0.1, 0.15) is 5.82 Å². The molecule has 0 atom stereocenters. The topological polar surface area (TPSA) is 84.2 Å². The summed E-state index contributed by atoms with van der Waals surface area (Å²) in [5.74, 6) is -1.44. The summed E-state index contributed by atoms with van der Waals surface area (Å²) < 4.78 is 13.9. The molecule has 0 heterocycles. The SMILES string of the molecule is CCCNc1c(F)cccc1C(=O)NC(C)(C)CC(N)=O. The number of primary amides is 1. The Hall–Kier alpha value is -2.11. The van der Waals surface area contributed by atoms with E-state index in [1.807, 2.05) is 6.92 Å². The minimum atomic E-state index is -0.794. The van der Waals surface area contributed by atoms with E-state index in [-0.39, 0.29) is 17.7 Å². The van der Waals surface area contributed by atoms with Crippen molar-refractivity contribution in [3.05, 3.63) is 29.6 Å². The molecule has 1 aromatic carbocycles. The van der Waals surface area contributed by atoms with E-state index in [2.05, 4.69) is 10.6 Å². The Kier molecular flexibility index (Phi) is 5.69. The zero-order valence-corrected chi connectivity index (χ0v) is 12.6. The van der Waals surface area contributed by atoms with Crippen molar-refractivity contribution >= 4 is 17.5 Å². The molecule has 0 aliphatic carbocycles. The Morgan fingerprint density at radius 1 is 1.33 bits per heavy atom. The van der Waals surface area contributed by atoms with Crippen LogP contribution in [0.1, 0.15) is 44.0 Å². The number of carbonyl (C=O) groups is 2. The molecule has 0 bridgehead atoms. The molecule has 0 aliphatic rings. The molecule has 0 saturated heterocycles. The minimum absolute atomic E-state index is 0.00573. The van der Waals surface area contributed by atoms with Crippen LogP contribution in [0.3, 0.4) is 0 Å². The first-order valence-electron chi connectivity index (χ1n) is 6.90. The second kappa shape index (κ2) is 7.06. The first-order chi connectivity index (χ1) is 9.76. The number of halogens is 1. The Morgan fingerprint density at radius 3 is 2.57 bits per heavy atom. The van der Waals surface area contributed by atoms with Gasteiger partial charge in [0.05, 0.1) is 11.3 Å². The van der Waals surface area contributed by atoms with E-state index >= 15 is 0 Å². The average molecular weight is 295 g/mol. The van der Waals surface area contributed by atoms with Crippen molar-refractivity contribution < 1.29 is 14.0 Å². The van der Waals surface area contributed by atoms with Crippen LogP contribution < -0.4 is 16.4 Å². The largest absolute Gasteiger partial charge is 0.382 e. The molecule has 21 heavy (non-hydrogen) atoms. The van der Waals surface area contributed by atoms with Crippen molar-refractivity contribution in [3.8, 4) is 0 Å². The van der Waals surface area contributed by atoms with E-state index in [1.165, 1.54) is 18.2 Å². The van der Waals surface area contributed by atoms with Crippen LogP contribution in [0.5, 0.6) is 0 Å². The van der Waals surface area contributed by atoms with Gasteiger partial charge in [-0.15, -0.1) is 0 Å². The number of hydrogen-bond donors (Lipinski definition) is 3. The molecular formula is C15H22FN3O2. The maximum Gasteiger partial charge on any atom is 0.253 e. The van der Waals surface area contributed by atoms with Gasteiger partial charge in [0, 0.05) is 18.5 Å². The summed E-state index contributed by atoms with van der Waals surface area (Å²) in [6, 6.07) is 4.31. The minimum Gasteiger partial charge on any atom is -0.382 e. The molecule has 0 unspecified atom stereocenters. The van der Waals surface area contributed by atoms with E-state index in [0.29, 0.717) is 6.54 Å². The zero-order valence-electron chi connectivity index (χ0n) is 12.6. The van der Waals surface area contributed by atoms with Crippen molar-refractivity contribution in [1.29, 1.82) is 0 Å². The Labute approximate surface area is 124 Å². The molecule has 0 aromatic heterocycles. The fourth-order valence-corrected chi connectivity index (χ4v) is 2.00. The summed E-state index contributed by atoms with van der Waals surface area (Å²) in [4.78, 5) is 23.3. The van der Waals surface area contributed by atoms with Crippen molar-refractivity contribution in [1.82, 2.24) is 5.32 Å². The summed E-state index contributed by atoms with van der Waals surface area (Å²) in [5.41, 5.74) is 4.74. The Balaban J connectivity index is 2.96.